The molecule has 10 heteroatoms. The number of thioether (sulfide) groups is 1. The maximum atomic E-state index is 12.6. The fourth-order valence-corrected chi connectivity index (χ4v) is 4.15. The molecule has 0 aliphatic carbocycles. The number of nitro groups is 1. The van der Waals surface area contributed by atoms with Crippen molar-refractivity contribution >= 4 is 51.4 Å². The summed E-state index contributed by atoms with van der Waals surface area (Å²) in [5.74, 6) is -0.177. The van der Waals surface area contributed by atoms with Gasteiger partial charge in [0.25, 0.3) is 5.69 Å². The normalized spacial score (nSPS) is 11.8. The van der Waals surface area contributed by atoms with Gasteiger partial charge in [0.2, 0.25) is 11.0 Å². The highest BCUT2D eigenvalue weighted by molar-refractivity contribution is 8.00. The lowest BCUT2D eigenvalue weighted by Gasteiger charge is -2.13. The van der Waals surface area contributed by atoms with E-state index < -0.39 is 4.92 Å². The molecular weight excluding hydrogens is 420 g/mol. The van der Waals surface area contributed by atoms with Gasteiger partial charge in [0.15, 0.2) is 0 Å². The highest BCUT2D eigenvalue weighted by Crippen LogP contribution is 2.31. The van der Waals surface area contributed by atoms with Crippen LogP contribution in [0.15, 0.2) is 53.4 Å². The van der Waals surface area contributed by atoms with E-state index in [2.05, 4.69) is 15.5 Å². The zero-order valence-corrected chi connectivity index (χ0v) is 17.1. The first-order valence-electron chi connectivity index (χ1n) is 8.27. The summed E-state index contributed by atoms with van der Waals surface area (Å²) in [7, 11) is 0. The monoisotopic (exact) mass is 434 g/mol. The summed E-state index contributed by atoms with van der Waals surface area (Å²) in [6, 6.07) is 13.4. The molecule has 1 heterocycles. The molecule has 3 aromatic rings. The number of nitrogens with one attached hydrogen (secondary N) is 1. The SMILES string of the molecule is CC[C@@H](Sc1ccc(Cl)cc1)C(=O)Nc1nnc(-c2cccc([N+](=O)[O-])c2)s1. The molecule has 0 saturated heterocycles. The molecule has 3 rings (SSSR count). The highest BCUT2D eigenvalue weighted by Gasteiger charge is 2.20. The third-order valence-corrected chi connectivity index (χ3v) is 6.23. The Morgan fingerprint density at radius 2 is 2.04 bits per heavy atom. The molecule has 0 aliphatic rings. The molecule has 1 N–H and O–H groups in total. The maximum absolute atomic E-state index is 12.6. The van der Waals surface area contributed by atoms with Crippen LogP contribution in [0, 0.1) is 10.1 Å². The minimum atomic E-state index is -0.465. The largest absolute Gasteiger partial charge is 0.300 e. The quantitative estimate of drug-likeness (QED) is 0.308. The first kappa shape index (κ1) is 20.2. The summed E-state index contributed by atoms with van der Waals surface area (Å²) in [6.07, 6.45) is 0.635. The van der Waals surface area contributed by atoms with Crippen LogP contribution in [-0.2, 0) is 4.79 Å². The Morgan fingerprint density at radius 3 is 2.71 bits per heavy atom. The van der Waals surface area contributed by atoms with E-state index in [0.717, 1.165) is 4.90 Å². The number of non-ortho nitro benzene ring substituents is 1. The first-order chi connectivity index (χ1) is 13.5. The Kier molecular flexibility index (Phi) is 6.61. The smallest absolute Gasteiger partial charge is 0.270 e. The zero-order chi connectivity index (χ0) is 20.1. The summed E-state index contributed by atoms with van der Waals surface area (Å²) in [6.45, 7) is 1.93. The minimum Gasteiger partial charge on any atom is -0.300 e. The summed E-state index contributed by atoms with van der Waals surface area (Å²) >= 11 is 8.50. The van der Waals surface area contributed by atoms with E-state index in [0.29, 0.717) is 27.1 Å². The number of nitro benzene ring substituents is 1. The summed E-state index contributed by atoms with van der Waals surface area (Å²) < 4.78 is 0. The summed E-state index contributed by atoms with van der Waals surface area (Å²) in [5.41, 5.74) is 0.554. The molecule has 0 spiro atoms. The molecule has 2 aromatic carbocycles. The van der Waals surface area contributed by atoms with Crippen molar-refractivity contribution in [2.75, 3.05) is 5.32 Å². The second-order valence-electron chi connectivity index (χ2n) is 5.68. The standard InChI is InChI=1S/C18H15ClN4O3S2/c1-2-15(27-14-8-6-12(19)7-9-14)16(24)20-18-22-21-17(28-18)11-4-3-5-13(10-11)23(25)26/h3-10,15H,2H2,1H3,(H,20,22,24)/t15-/m1/s1. The topological polar surface area (TPSA) is 98.0 Å². The van der Waals surface area contributed by atoms with Crippen molar-refractivity contribution in [1.82, 2.24) is 10.2 Å². The number of nitrogens with zero attached hydrogens (tertiary/aromatic N) is 3. The third kappa shape index (κ3) is 5.06. The zero-order valence-electron chi connectivity index (χ0n) is 14.7. The lowest BCUT2D eigenvalue weighted by atomic mass is 10.2. The number of anilines is 1. The van der Waals surface area contributed by atoms with Gasteiger partial charge in [-0.25, -0.2) is 0 Å². The predicted octanol–water partition coefficient (Wildman–Crippen LogP) is 5.28. The molecule has 0 saturated carbocycles. The van der Waals surface area contributed by atoms with Crippen LogP contribution in [0.4, 0.5) is 10.8 Å². The van der Waals surface area contributed by atoms with Crippen LogP contribution >= 0.6 is 34.7 Å². The number of benzene rings is 2. The van der Waals surface area contributed by atoms with Crippen LogP contribution in [0.25, 0.3) is 10.6 Å². The van der Waals surface area contributed by atoms with Gasteiger partial charge in [0.1, 0.15) is 5.01 Å². The Balaban J connectivity index is 1.69. The lowest BCUT2D eigenvalue weighted by Crippen LogP contribution is -2.24. The number of halogens is 1. The number of rotatable bonds is 7. The number of carbonyl (C=O) groups is 1. The lowest BCUT2D eigenvalue weighted by molar-refractivity contribution is -0.384. The van der Waals surface area contributed by atoms with Crippen molar-refractivity contribution in [2.45, 2.75) is 23.5 Å². The van der Waals surface area contributed by atoms with Crippen LogP contribution in [0.2, 0.25) is 5.02 Å². The Morgan fingerprint density at radius 1 is 1.29 bits per heavy atom. The van der Waals surface area contributed by atoms with Crippen molar-refractivity contribution in [3.05, 3.63) is 63.7 Å². The molecular formula is C18H15ClN4O3S2. The number of hydrogen-bond acceptors (Lipinski definition) is 7. The van der Waals surface area contributed by atoms with Gasteiger partial charge in [0.05, 0.1) is 10.2 Å². The molecule has 1 atom stereocenters. The molecule has 1 aromatic heterocycles. The van der Waals surface area contributed by atoms with E-state index in [1.807, 2.05) is 19.1 Å². The Bertz CT molecular complexity index is 995. The molecule has 144 valence electrons. The van der Waals surface area contributed by atoms with Crippen LogP contribution in [-0.4, -0.2) is 26.3 Å². The Labute approximate surface area is 174 Å². The van der Waals surface area contributed by atoms with Crippen molar-refractivity contribution in [3.8, 4) is 10.6 Å². The number of hydrogen-bond donors (Lipinski definition) is 1. The van der Waals surface area contributed by atoms with Crippen LogP contribution in [0.5, 0.6) is 0 Å². The molecule has 7 nitrogen and oxygen atoms in total. The minimum absolute atomic E-state index is 0.0244. The van der Waals surface area contributed by atoms with Gasteiger partial charge in [-0.1, -0.05) is 42.0 Å². The fourth-order valence-electron chi connectivity index (χ4n) is 2.33. The highest BCUT2D eigenvalue weighted by atomic mass is 35.5. The van der Waals surface area contributed by atoms with E-state index in [4.69, 9.17) is 11.6 Å². The first-order valence-corrected chi connectivity index (χ1v) is 10.3. The second-order valence-corrected chi connectivity index (χ2v) is 8.37. The van der Waals surface area contributed by atoms with E-state index in [1.165, 1.54) is 35.2 Å². The molecule has 0 aliphatic heterocycles. The van der Waals surface area contributed by atoms with Crippen LogP contribution in [0.1, 0.15) is 13.3 Å². The van der Waals surface area contributed by atoms with E-state index in [1.54, 1.807) is 24.3 Å². The molecule has 1 amide bonds. The summed E-state index contributed by atoms with van der Waals surface area (Å²) in [4.78, 5) is 24.0. The Hall–Kier alpha value is -2.49. The van der Waals surface area contributed by atoms with Gasteiger partial charge in [-0.3, -0.25) is 20.2 Å². The molecule has 0 bridgehead atoms. The number of carbonyl (C=O) groups excluding carboxylic acids is 1. The molecule has 0 fully saturated rings. The average Bonchev–Trinajstić information content (AvgIpc) is 3.16. The summed E-state index contributed by atoms with van der Waals surface area (Å²) in [5, 5.41) is 22.9. The van der Waals surface area contributed by atoms with Crippen molar-refractivity contribution in [2.24, 2.45) is 0 Å². The van der Waals surface area contributed by atoms with Crippen molar-refractivity contribution < 1.29 is 9.72 Å². The van der Waals surface area contributed by atoms with Crippen molar-refractivity contribution in [3.63, 3.8) is 0 Å². The van der Waals surface area contributed by atoms with Gasteiger partial charge in [-0.15, -0.1) is 22.0 Å². The van der Waals surface area contributed by atoms with Gasteiger partial charge >= 0.3 is 0 Å². The van der Waals surface area contributed by atoms with Gasteiger partial charge in [-0.2, -0.15) is 0 Å². The molecule has 28 heavy (non-hydrogen) atoms. The number of amides is 1. The van der Waals surface area contributed by atoms with Crippen LogP contribution < -0.4 is 5.32 Å². The molecule has 0 radical (unpaired) electrons. The van der Waals surface area contributed by atoms with E-state index in [-0.39, 0.29) is 16.8 Å². The van der Waals surface area contributed by atoms with Gasteiger partial charge in [0, 0.05) is 27.6 Å². The van der Waals surface area contributed by atoms with Crippen molar-refractivity contribution in [1.29, 1.82) is 0 Å². The van der Waals surface area contributed by atoms with E-state index in [9.17, 15) is 14.9 Å². The maximum Gasteiger partial charge on any atom is 0.270 e. The average molecular weight is 435 g/mol. The van der Waals surface area contributed by atoms with Crippen LogP contribution in [0.3, 0.4) is 0 Å². The predicted molar refractivity (Wildman–Crippen MR) is 112 cm³/mol. The van der Waals surface area contributed by atoms with Gasteiger partial charge in [-0.05, 0) is 30.7 Å². The second kappa shape index (κ2) is 9.13. The van der Waals surface area contributed by atoms with Gasteiger partial charge < -0.3 is 0 Å². The number of aromatic nitrogens is 2. The van der Waals surface area contributed by atoms with E-state index >= 15 is 0 Å². The molecule has 0 unspecified atom stereocenters. The third-order valence-electron chi connectivity index (χ3n) is 3.71. The fraction of sp³-hybridized carbons (Fsp3) is 0.167.